The lowest BCUT2D eigenvalue weighted by atomic mass is 9.99. The fourth-order valence-corrected chi connectivity index (χ4v) is 5.00. The minimum absolute atomic E-state index is 0.0791. The molecule has 0 aliphatic carbocycles. The fourth-order valence-electron chi connectivity index (χ4n) is 2.76. The number of nitrogens with zero attached hydrogens (tertiary/aromatic N) is 1. The molecule has 1 heterocycles. The maximum Gasteiger partial charge on any atom is 0.244 e. The Morgan fingerprint density at radius 1 is 1.05 bits per heavy atom. The van der Waals surface area contributed by atoms with E-state index in [1.807, 2.05) is 30.3 Å². The number of rotatable bonds is 3. The van der Waals surface area contributed by atoms with E-state index in [9.17, 15) is 8.42 Å². The molecule has 1 fully saturated rings. The third kappa shape index (κ3) is 3.01. The molecule has 0 bridgehead atoms. The van der Waals surface area contributed by atoms with Crippen LogP contribution in [0.3, 0.4) is 0 Å². The van der Waals surface area contributed by atoms with Crippen molar-refractivity contribution in [3.05, 3.63) is 64.1 Å². The SMILES string of the molecule is O=S(=O)(c1cc(Cl)ccc1Cl)N1CC[C@H](c2ccccc2)C1. The smallest absolute Gasteiger partial charge is 0.207 e. The standard InChI is InChI=1S/C16H15Cl2NO2S/c17-14-6-7-15(18)16(10-14)22(20,21)19-9-8-13(11-19)12-4-2-1-3-5-12/h1-7,10,13H,8-9,11H2/t13-/m0/s1. The van der Waals surface area contributed by atoms with E-state index in [0.29, 0.717) is 18.1 Å². The van der Waals surface area contributed by atoms with E-state index in [4.69, 9.17) is 23.2 Å². The molecular weight excluding hydrogens is 341 g/mol. The Bertz CT molecular complexity index is 778. The van der Waals surface area contributed by atoms with Crippen LogP contribution in [0.15, 0.2) is 53.4 Å². The molecule has 1 atom stereocenters. The second-order valence-electron chi connectivity index (χ2n) is 5.33. The molecule has 2 aromatic carbocycles. The van der Waals surface area contributed by atoms with Gasteiger partial charge in [-0.05, 0) is 36.1 Å². The van der Waals surface area contributed by atoms with Crippen molar-refractivity contribution in [3.8, 4) is 0 Å². The first-order chi connectivity index (χ1) is 10.5. The van der Waals surface area contributed by atoms with E-state index < -0.39 is 10.0 Å². The highest BCUT2D eigenvalue weighted by Crippen LogP contribution is 2.34. The van der Waals surface area contributed by atoms with Crippen LogP contribution in [0.1, 0.15) is 17.9 Å². The summed E-state index contributed by atoms with van der Waals surface area (Å²) < 4.78 is 27.0. The minimum Gasteiger partial charge on any atom is -0.207 e. The molecule has 1 aliphatic rings. The first-order valence-corrected chi connectivity index (χ1v) is 9.18. The Hall–Kier alpha value is -1.07. The summed E-state index contributed by atoms with van der Waals surface area (Å²) in [6.07, 6.45) is 0.807. The topological polar surface area (TPSA) is 37.4 Å². The summed E-state index contributed by atoms with van der Waals surface area (Å²) in [5.41, 5.74) is 1.16. The summed E-state index contributed by atoms with van der Waals surface area (Å²) in [6.45, 7) is 0.958. The maximum absolute atomic E-state index is 12.8. The van der Waals surface area contributed by atoms with Crippen LogP contribution in [0.2, 0.25) is 10.0 Å². The summed E-state index contributed by atoms with van der Waals surface area (Å²) >= 11 is 12.0. The van der Waals surface area contributed by atoms with Crippen molar-refractivity contribution in [1.29, 1.82) is 0 Å². The molecule has 3 nitrogen and oxygen atoms in total. The Labute approximate surface area is 140 Å². The van der Waals surface area contributed by atoms with Crippen LogP contribution in [0.4, 0.5) is 0 Å². The molecule has 3 rings (SSSR count). The molecule has 0 radical (unpaired) electrons. The van der Waals surface area contributed by atoms with Gasteiger partial charge in [0.1, 0.15) is 4.90 Å². The predicted octanol–water partition coefficient (Wildman–Crippen LogP) is 4.17. The normalized spacial score (nSPS) is 19.5. The second kappa shape index (κ2) is 6.20. The van der Waals surface area contributed by atoms with Gasteiger partial charge in [0.25, 0.3) is 0 Å². The van der Waals surface area contributed by atoms with Gasteiger partial charge in [-0.15, -0.1) is 0 Å². The zero-order valence-corrected chi connectivity index (χ0v) is 14.1. The summed E-state index contributed by atoms with van der Waals surface area (Å²) in [4.78, 5) is 0.0791. The molecule has 0 aromatic heterocycles. The summed E-state index contributed by atoms with van der Waals surface area (Å²) in [5.74, 6) is 0.217. The van der Waals surface area contributed by atoms with Crippen LogP contribution in [0.5, 0.6) is 0 Å². The van der Waals surface area contributed by atoms with Gasteiger partial charge in [0.05, 0.1) is 5.02 Å². The van der Waals surface area contributed by atoms with Crippen LogP contribution in [-0.4, -0.2) is 25.8 Å². The highest BCUT2D eigenvalue weighted by atomic mass is 35.5. The van der Waals surface area contributed by atoms with Gasteiger partial charge in [-0.25, -0.2) is 8.42 Å². The average Bonchev–Trinajstić information content (AvgIpc) is 3.01. The van der Waals surface area contributed by atoms with Crippen LogP contribution in [-0.2, 0) is 10.0 Å². The molecule has 0 spiro atoms. The number of benzene rings is 2. The Kier molecular flexibility index (Phi) is 4.46. The van der Waals surface area contributed by atoms with Gasteiger partial charge >= 0.3 is 0 Å². The average molecular weight is 356 g/mol. The Morgan fingerprint density at radius 2 is 1.77 bits per heavy atom. The summed E-state index contributed by atoms with van der Waals surface area (Å²) in [5, 5.41) is 0.564. The molecule has 0 saturated carbocycles. The van der Waals surface area contributed by atoms with E-state index in [-0.39, 0.29) is 15.8 Å². The lowest BCUT2D eigenvalue weighted by Crippen LogP contribution is -2.29. The van der Waals surface area contributed by atoms with E-state index in [0.717, 1.165) is 12.0 Å². The van der Waals surface area contributed by atoms with Gasteiger partial charge in [0, 0.05) is 18.1 Å². The van der Waals surface area contributed by atoms with Crippen LogP contribution in [0.25, 0.3) is 0 Å². The number of halogens is 2. The molecule has 22 heavy (non-hydrogen) atoms. The minimum atomic E-state index is -3.62. The Balaban J connectivity index is 1.87. The van der Waals surface area contributed by atoms with Crippen LogP contribution < -0.4 is 0 Å². The van der Waals surface area contributed by atoms with Crippen molar-refractivity contribution in [3.63, 3.8) is 0 Å². The summed E-state index contributed by atoms with van der Waals surface area (Å²) in [6, 6.07) is 14.5. The van der Waals surface area contributed by atoms with Crippen molar-refractivity contribution in [2.75, 3.05) is 13.1 Å². The summed E-state index contributed by atoms with van der Waals surface area (Å²) in [7, 11) is -3.62. The van der Waals surface area contributed by atoms with E-state index in [1.54, 1.807) is 6.07 Å². The third-order valence-electron chi connectivity index (χ3n) is 3.93. The first-order valence-electron chi connectivity index (χ1n) is 6.98. The van der Waals surface area contributed by atoms with E-state index in [1.165, 1.54) is 16.4 Å². The largest absolute Gasteiger partial charge is 0.244 e. The van der Waals surface area contributed by atoms with Crippen LogP contribution >= 0.6 is 23.2 Å². The molecule has 0 unspecified atom stereocenters. The molecular formula is C16H15Cl2NO2S. The van der Waals surface area contributed by atoms with Crippen molar-refractivity contribution in [2.24, 2.45) is 0 Å². The first kappa shape index (κ1) is 15.8. The maximum atomic E-state index is 12.8. The van der Waals surface area contributed by atoms with Crippen molar-refractivity contribution in [1.82, 2.24) is 4.31 Å². The lowest BCUT2D eigenvalue weighted by Gasteiger charge is -2.18. The number of hydrogen-bond acceptors (Lipinski definition) is 2. The molecule has 0 amide bonds. The molecule has 0 N–H and O–H groups in total. The third-order valence-corrected chi connectivity index (χ3v) is 6.51. The van der Waals surface area contributed by atoms with Crippen molar-refractivity contribution >= 4 is 33.2 Å². The van der Waals surface area contributed by atoms with E-state index >= 15 is 0 Å². The molecule has 2 aromatic rings. The second-order valence-corrected chi connectivity index (χ2v) is 8.08. The zero-order chi connectivity index (χ0) is 15.7. The van der Waals surface area contributed by atoms with Crippen molar-refractivity contribution in [2.45, 2.75) is 17.2 Å². The van der Waals surface area contributed by atoms with Gasteiger partial charge in [-0.1, -0.05) is 53.5 Å². The van der Waals surface area contributed by atoms with Gasteiger partial charge in [-0.3, -0.25) is 0 Å². The van der Waals surface area contributed by atoms with E-state index in [2.05, 4.69) is 0 Å². The van der Waals surface area contributed by atoms with Gasteiger partial charge in [0.15, 0.2) is 0 Å². The zero-order valence-electron chi connectivity index (χ0n) is 11.7. The van der Waals surface area contributed by atoms with Gasteiger partial charge in [-0.2, -0.15) is 4.31 Å². The molecule has 6 heteroatoms. The molecule has 1 aliphatic heterocycles. The fraction of sp³-hybridized carbons (Fsp3) is 0.250. The predicted molar refractivity (Wildman–Crippen MR) is 89.0 cm³/mol. The number of sulfonamides is 1. The van der Waals surface area contributed by atoms with Gasteiger partial charge < -0.3 is 0 Å². The molecule has 1 saturated heterocycles. The van der Waals surface area contributed by atoms with Crippen molar-refractivity contribution < 1.29 is 8.42 Å². The number of hydrogen-bond donors (Lipinski definition) is 0. The quantitative estimate of drug-likeness (QED) is 0.828. The lowest BCUT2D eigenvalue weighted by molar-refractivity contribution is 0.473. The highest BCUT2D eigenvalue weighted by Gasteiger charge is 2.34. The van der Waals surface area contributed by atoms with Gasteiger partial charge in [0.2, 0.25) is 10.0 Å². The van der Waals surface area contributed by atoms with Crippen LogP contribution in [0, 0.1) is 0 Å². The Morgan fingerprint density at radius 3 is 2.50 bits per heavy atom. The molecule has 116 valence electrons. The monoisotopic (exact) mass is 355 g/mol. The highest BCUT2D eigenvalue weighted by molar-refractivity contribution is 7.89.